The van der Waals surface area contributed by atoms with Gasteiger partial charge in [0, 0.05) is 34.0 Å². The van der Waals surface area contributed by atoms with Gasteiger partial charge in [-0.05, 0) is 37.3 Å². The molecule has 0 aromatic heterocycles. The van der Waals surface area contributed by atoms with Crippen molar-refractivity contribution in [2.24, 2.45) is 5.41 Å². The van der Waals surface area contributed by atoms with E-state index in [0.29, 0.717) is 16.9 Å². The number of nitrogens with zero attached hydrogens (tertiary/aromatic N) is 1. The molecule has 3 N–H and O–H groups in total. The normalized spacial score (nSPS) is 10.8. The molecule has 9 heteroatoms. The maximum atomic E-state index is 12.2. The van der Waals surface area contributed by atoms with E-state index in [9.17, 15) is 24.5 Å². The van der Waals surface area contributed by atoms with Crippen molar-refractivity contribution in [1.82, 2.24) is 5.32 Å². The van der Waals surface area contributed by atoms with E-state index >= 15 is 0 Å². The van der Waals surface area contributed by atoms with Crippen LogP contribution in [-0.2, 0) is 9.59 Å². The number of hydrogen-bond acceptors (Lipinski definition) is 5. The number of carbonyl (C=O) groups excluding carboxylic acids is 3. The lowest BCUT2D eigenvalue weighted by Crippen LogP contribution is -2.32. The SMILES string of the molecule is Cc1ccc(C(=O)NCC(=O)Nc2ccc(NC(=O)C(C)(C)C)cc2)cc1[N+](=O)[O-]. The van der Waals surface area contributed by atoms with Crippen LogP contribution in [0.3, 0.4) is 0 Å². The highest BCUT2D eigenvalue weighted by atomic mass is 16.6. The molecule has 2 aromatic carbocycles. The van der Waals surface area contributed by atoms with Crippen LogP contribution >= 0.6 is 0 Å². The highest BCUT2D eigenvalue weighted by molar-refractivity contribution is 6.00. The van der Waals surface area contributed by atoms with E-state index in [1.165, 1.54) is 18.2 Å². The van der Waals surface area contributed by atoms with Crippen LogP contribution in [0.15, 0.2) is 42.5 Å². The number of amides is 3. The summed E-state index contributed by atoms with van der Waals surface area (Å²) in [5.41, 5.74) is 0.945. The average molecular weight is 412 g/mol. The molecule has 158 valence electrons. The molecule has 0 aliphatic heterocycles. The zero-order chi connectivity index (χ0) is 22.5. The highest BCUT2D eigenvalue weighted by Crippen LogP contribution is 2.20. The van der Waals surface area contributed by atoms with Crippen molar-refractivity contribution in [2.75, 3.05) is 17.2 Å². The van der Waals surface area contributed by atoms with Gasteiger partial charge in [-0.15, -0.1) is 0 Å². The molecule has 0 unspecified atom stereocenters. The quantitative estimate of drug-likeness (QED) is 0.495. The van der Waals surface area contributed by atoms with Gasteiger partial charge >= 0.3 is 0 Å². The molecule has 2 rings (SSSR count). The fourth-order valence-corrected chi connectivity index (χ4v) is 2.37. The predicted molar refractivity (Wildman–Crippen MR) is 113 cm³/mol. The van der Waals surface area contributed by atoms with Gasteiger partial charge in [0.25, 0.3) is 11.6 Å². The third kappa shape index (κ3) is 6.13. The monoisotopic (exact) mass is 412 g/mol. The van der Waals surface area contributed by atoms with E-state index in [-0.39, 0.29) is 23.7 Å². The summed E-state index contributed by atoms with van der Waals surface area (Å²) in [6, 6.07) is 10.7. The van der Waals surface area contributed by atoms with Gasteiger partial charge < -0.3 is 16.0 Å². The number of nitrogens with one attached hydrogen (secondary N) is 3. The molecule has 0 bridgehead atoms. The lowest BCUT2D eigenvalue weighted by molar-refractivity contribution is -0.385. The highest BCUT2D eigenvalue weighted by Gasteiger charge is 2.21. The van der Waals surface area contributed by atoms with Crippen LogP contribution in [-0.4, -0.2) is 29.2 Å². The third-order valence-electron chi connectivity index (χ3n) is 4.19. The number of rotatable bonds is 6. The minimum atomic E-state index is -0.589. The van der Waals surface area contributed by atoms with E-state index in [4.69, 9.17) is 0 Å². The van der Waals surface area contributed by atoms with Crippen molar-refractivity contribution in [2.45, 2.75) is 27.7 Å². The second-order valence-corrected chi connectivity index (χ2v) is 7.77. The van der Waals surface area contributed by atoms with Crippen molar-refractivity contribution in [3.8, 4) is 0 Å². The molecule has 30 heavy (non-hydrogen) atoms. The maximum Gasteiger partial charge on any atom is 0.273 e. The van der Waals surface area contributed by atoms with Crippen molar-refractivity contribution in [3.63, 3.8) is 0 Å². The number of anilines is 2. The molecule has 2 aromatic rings. The van der Waals surface area contributed by atoms with E-state index in [1.54, 1.807) is 52.0 Å². The first-order chi connectivity index (χ1) is 14.0. The molecule has 0 aliphatic rings. The first kappa shape index (κ1) is 22.5. The summed E-state index contributed by atoms with van der Waals surface area (Å²) in [6.07, 6.45) is 0. The summed E-state index contributed by atoms with van der Waals surface area (Å²) in [5.74, 6) is -1.18. The van der Waals surface area contributed by atoms with Crippen LogP contribution in [0.1, 0.15) is 36.7 Å². The van der Waals surface area contributed by atoms with Crippen LogP contribution in [0.5, 0.6) is 0 Å². The Balaban J connectivity index is 1.90. The minimum Gasteiger partial charge on any atom is -0.343 e. The van der Waals surface area contributed by atoms with Crippen LogP contribution in [0, 0.1) is 22.5 Å². The Morgan fingerprint density at radius 3 is 2.07 bits per heavy atom. The molecule has 3 amide bonds. The predicted octanol–water partition coefficient (Wildman–Crippen LogP) is 3.26. The molecular formula is C21H24N4O5. The van der Waals surface area contributed by atoms with Crippen molar-refractivity contribution < 1.29 is 19.3 Å². The first-order valence-corrected chi connectivity index (χ1v) is 9.22. The summed E-state index contributed by atoms with van der Waals surface area (Å²) in [6.45, 7) is 6.69. The fourth-order valence-electron chi connectivity index (χ4n) is 2.37. The number of carbonyl (C=O) groups is 3. The maximum absolute atomic E-state index is 12.2. The molecular weight excluding hydrogens is 388 g/mol. The molecule has 0 saturated heterocycles. The summed E-state index contributed by atoms with van der Waals surface area (Å²) in [5, 5.41) is 18.8. The summed E-state index contributed by atoms with van der Waals surface area (Å²) in [7, 11) is 0. The summed E-state index contributed by atoms with van der Waals surface area (Å²) in [4.78, 5) is 46.6. The second kappa shape index (κ2) is 9.17. The van der Waals surface area contributed by atoms with Gasteiger partial charge in [0.2, 0.25) is 11.8 Å². The minimum absolute atomic E-state index is 0.0963. The number of nitro benzene ring substituents is 1. The first-order valence-electron chi connectivity index (χ1n) is 9.22. The Labute approximate surface area is 174 Å². The van der Waals surface area contributed by atoms with Gasteiger partial charge in [0.05, 0.1) is 11.5 Å². The van der Waals surface area contributed by atoms with Crippen molar-refractivity contribution in [3.05, 3.63) is 63.7 Å². The largest absolute Gasteiger partial charge is 0.343 e. The van der Waals surface area contributed by atoms with E-state index in [1.807, 2.05) is 0 Å². The number of nitro groups is 1. The lowest BCUT2D eigenvalue weighted by atomic mass is 9.95. The second-order valence-electron chi connectivity index (χ2n) is 7.77. The molecule has 0 atom stereocenters. The Bertz CT molecular complexity index is 978. The molecule has 0 fully saturated rings. The standard InChI is InChI=1S/C21H24N4O5/c1-13-5-6-14(11-17(13)25(29)30)19(27)22-12-18(26)23-15-7-9-16(10-8-15)24-20(28)21(2,3)4/h5-11H,12H2,1-4H3,(H,22,27)(H,23,26)(H,24,28). The smallest absolute Gasteiger partial charge is 0.273 e. The average Bonchev–Trinajstić information content (AvgIpc) is 2.67. The molecule has 0 heterocycles. The Morgan fingerprint density at radius 1 is 0.967 bits per heavy atom. The zero-order valence-corrected chi connectivity index (χ0v) is 17.2. The Morgan fingerprint density at radius 2 is 1.53 bits per heavy atom. The van der Waals surface area contributed by atoms with Crippen molar-refractivity contribution in [1.29, 1.82) is 0 Å². The van der Waals surface area contributed by atoms with Crippen LogP contribution in [0.2, 0.25) is 0 Å². The molecule has 0 saturated carbocycles. The Kier molecular flexibility index (Phi) is 6.89. The van der Waals surface area contributed by atoms with Gasteiger partial charge in [-0.2, -0.15) is 0 Å². The van der Waals surface area contributed by atoms with E-state index in [0.717, 1.165) is 0 Å². The van der Waals surface area contributed by atoms with Gasteiger partial charge in [-0.25, -0.2) is 0 Å². The van der Waals surface area contributed by atoms with Gasteiger partial charge in [0.1, 0.15) is 0 Å². The van der Waals surface area contributed by atoms with Gasteiger partial charge in [-0.1, -0.05) is 26.8 Å². The lowest BCUT2D eigenvalue weighted by Gasteiger charge is -2.17. The van der Waals surface area contributed by atoms with Gasteiger partial charge in [-0.3, -0.25) is 24.5 Å². The number of hydrogen-bond donors (Lipinski definition) is 3. The molecule has 9 nitrogen and oxygen atoms in total. The summed E-state index contributed by atoms with van der Waals surface area (Å²) < 4.78 is 0. The third-order valence-corrected chi connectivity index (χ3v) is 4.19. The van der Waals surface area contributed by atoms with E-state index < -0.39 is 22.2 Å². The van der Waals surface area contributed by atoms with Crippen molar-refractivity contribution >= 4 is 34.8 Å². The van der Waals surface area contributed by atoms with Crippen LogP contribution in [0.4, 0.5) is 17.1 Å². The van der Waals surface area contributed by atoms with Crippen LogP contribution in [0.25, 0.3) is 0 Å². The van der Waals surface area contributed by atoms with Gasteiger partial charge in [0.15, 0.2) is 0 Å². The molecule has 0 spiro atoms. The zero-order valence-electron chi connectivity index (χ0n) is 17.2. The molecule has 0 radical (unpaired) electrons. The summed E-state index contributed by atoms with van der Waals surface area (Å²) >= 11 is 0. The van der Waals surface area contributed by atoms with Crippen LogP contribution < -0.4 is 16.0 Å². The Hall–Kier alpha value is -3.75. The topological polar surface area (TPSA) is 130 Å². The van der Waals surface area contributed by atoms with E-state index in [2.05, 4.69) is 16.0 Å². The fraction of sp³-hybridized carbons (Fsp3) is 0.286. The molecule has 0 aliphatic carbocycles. The number of aryl methyl sites for hydroxylation is 1. The number of benzene rings is 2.